The Morgan fingerprint density at radius 1 is 1.53 bits per heavy atom. The van der Waals surface area contributed by atoms with Crippen LogP contribution in [0.3, 0.4) is 0 Å². The normalized spacial score (nSPS) is 10.4. The average molecular weight is 235 g/mol. The maximum atomic E-state index is 11.2. The molecule has 0 spiro atoms. The molecule has 0 amide bonds. The van der Waals surface area contributed by atoms with Gasteiger partial charge in [-0.15, -0.1) is 0 Å². The van der Waals surface area contributed by atoms with E-state index < -0.39 is 0 Å². The van der Waals surface area contributed by atoms with E-state index in [1.54, 1.807) is 18.1 Å². The molecule has 0 saturated heterocycles. The van der Waals surface area contributed by atoms with Gasteiger partial charge in [0.2, 0.25) is 0 Å². The molecule has 0 aliphatic rings. The van der Waals surface area contributed by atoms with Crippen molar-refractivity contribution in [1.82, 2.24) is 24.7 Å². The fourth-order valence-corrected chi connectivity index (χ4v) is 1.34. The number of anilines is 2. The highest BCUT2D eigenvalue weighted by Gasteiger charge is 2.04. The molecule has 90 valence electrons. The SMILES string of the molecule is Cn1cnc(CCNc2nc[nH]c(=O)c2N)n1. The number of hydrogen-bond acceptors (Lipinski definition) is 6. The highest BCUT2D eigenvalue weighted by atomic mass is 16.1. The third kappa shape index (κ3) is 2.60. The van der Waals surface area contributed by atoms with Gasteiger partial charge < -0.3 is 16.0 Å². The molecular formula is C9H13N7O. The van der Waals surface area contributed by atoms with Gasteiger partial charge >= 0.3 is 0 Å². The molecule has 0 unspecified atom stereocenters. The Bertz CT molecular complexity index is 558. The lowest BCUT2D eigenvalue weighted by Crippen LogP contribution is -2.17. The van der Waals surface area contributed by atoms with Crippen LogP contribution in [0.1, 0.15) is 5.82 Å². The maximum absolute atomic E-state index is 11.2. The summed E-state index contributed by atoms with van der Waals surface area (Å²) >= 11 is 0. The van der Waals surface area contributed by atoms with Crippen LogP contribution in [0.15, 0.2) is 17.4 Å². The van der Waals surface area contributed by atoms with Crippen LogP contribution < -0.4 is 16.6 Å². The number of aromatic nitrogens is 5. The number of nitrogen functional groups attached to an aromatic ring is 1. The fourth-order valence-electron chi connectivity index (χ4n) is 1.34. The Balaban J connectivity index is 1.94. The lowest BCUT2D eigenvalue weighted by Gasteiger charge is -2.05. The minimum atomic E-state index is -0.349. The minimum Gasteiger partial charge on any atom is -0.391 e. The van der Waals surface area contributed by atoms with Gasteiger partial charge in [0.05, 0.1) is 6.33 Å². The van der Waals surface area contributed by atoms with Gasteiger partial charge in [-0.3, -0.25) is 9.48 Å². The minimum absolute atomic E-state index is 0.0847. The summed E-state index contributed by atoms with van der Waals surface area (Å²) < 4.78 is 1.63. The fraction of sp³-hybridized carbons (Fsp3) is 0.333. The summed E-state index contributed by atoms with van der Waals surface area (Å²) in [5, 5.41) is 7.09. The van der Waals surface area contributed by atoms with Crippen LogP contribution in [0.5, 0.6) is 0 Å². The van der Waals surface area contributed by atoms with Crippen LogP contribution in [-0.2, 0) is 13.5 Å². The van der Waals surface area contributed by atoms with E-state index in [0.717, 1.165) is 5.82 Å². The van der Waals surface area contributed by atoms with E-state index in [-0.39, 0.29) is 11.2 Å². The maximum Gasteiger partial charge on any atom is 0.276 e. The second-order valence-corrected chi connectivity index (χ2v) is 3.51. The van der Waals surface area contributed by atoms with Crippen LogP contribution in [0.25, 0.3) is 0 Å². The molecular weight excluding hydrogens is 222 g/mol. The summed E-state index contributed by atoms with van der Waals surface area (Å²) in [6.07, 6.45) is 3.57. The molecule has 0 atom stereocenters. The van der Waals surface area contributed by atoms with Crippen LogP contribution in [0, 0.1) is 0 Å². The van der Waals surface area contributed by atoms with Gasteiger partial charge in [-0.1, -0.05) is 0 Å². The summed E-state index contributed by atoms with van der Waals surface area (Å²) in [5.41, 5.74) is 5.30. The molecule has 2 heterocycles. The number of nitrogens with zero attached hydrogens (tertiary/aromatic N) is 4. The molecule has 0 saturated carbocycles. The number of hydrogen-bond donors (Lipinski definition) is 3. The molecule has 0 bridgehead atoms. The first-order valence-electron chi connectivity index (χ1n) is 5.08. The lowest BCUT2D eigenvalue weighted by atomic mass is 10.4. The van der Waals surface area contributed by atoms with Crippen molar-refractivity contribution in [2.75, 3.05) is 17.6 Å². The number of H-pyrrole nitrogens is 1. The number of nitrogens with two attached hydrogens (primary N) is 1. The zero-order valence-corrected chi connectivity index (χ0v) is 9.34. The quantitative estimate of drug-likeness (QED) is 0.635. The molecule has 8 nitrogen and oxygen atoms in total. The van der Waals surface area contributed by atoms with Gasteiger partial charge in [-0.05, 0) is 0 Å². The first-order valence-corrected chi connectivity index (χ1v) is 5.08. The van der Waals surface area contributed by atoms with Crippen LogP contribution in [0.2, 0.25) is 0 Å². The van der Waals surface area contributed by atoms with Crippen molar-refractivity contribution in [1.29, 1.82) is 0 Å². The van der Waals surface area contributed by atoms with Crippen molar-refractivity contribution < 1.29 is 0 Å². The third-order valence-corrected chi connectivity index (χ3v) is 2.18. The Labute approximate surface area is 96.9 Å². The zero-order chi connectivity index (χ0) is 12.3. The molecule has 0 radical (unpaired) electrons. The lowest BCUT2D eigenvalue weighted by molar-refractivity contribution is 0.741. The van der Waals surface area contributed by atoms with Crippen LogP contribution >= 0.6 is 0 Å². The van der Waals surface area contributed by atoms with E-state index in [1.165, 1.54) is 6.33 Å². The van der Waals surface area contributed by atoms with E-state index in [1.807, 2.05) is 0 Å². The molecule has 2 rings (SSSR count). The van der Waals surface area contributed by atoms with Gasteiger partial charge in [0.1, 0.15) is 12.0 Å². The summed E-state index contributed by atoms with van der Waals surface area (Å²) in [7, 11) is 1.81. The van der Waals surface area contributed by atoms with E-state index >= 15 is 0 Å². The molecule has 0 aliphatic heterocycles. The average Bonchev–Trinajstić information content (AvgIpc) is 2.70. The Morgan fingerprint density at radius 3 is 3.06 bits per heavy atom. The smallest absolute Gasteiger partial charge is 0.276 e. The van der Waals surface area contributed by atoms with Crippen molar-refractivity contribution in [2.24, 2.45) is 7.05 Å². The van der Waals surface area contributed by atoms with Crippen LogP contribution in [-0.4, -0.2) is 31.3 Å². The Hall–Kier alpha value is -2.38. The molecule has 17 heavy (non-hydrogen) atoms. The number of rotatable bonds is 4. The zero-order valence-electron chi connectivity index (χ0n) is 9.34. The van der Waals surface area contributed by atoms with Gasteiger partial charge in [0, 0.05) is 20.0 Å². The molecule has 0 aromatic carbocycles. The molecule has 2 aromatic heterocycles. The molecule has 0 aliphatic carbocycles. The van der Waals surface area contributed by atoms with Gasteiger partial charge in [0.15, 0.2) is 11.6 Å². The molecule has 4 N–H and O–H groups in total. The number of aryl methyl sites for hydroxylation is 1. The second-order valence-electron chi connectivity index (χ2n) is 3.51. The third-order valence-electron chi connectivity index (χ3n) is 2.18. The predicted octanol–water partition coefficient (Wildman–Crippen LogP) is -0.865. The Kier molecular flexibility index (Phi) is 3.03. The highest BCUT2D eigenvalue weighted by molar-refractivity contribution is 5.58. The first-order chi connectivity index (χ1) is 8.16. The van der Waals surface area contributed by atoms with Crippen molar-refractivity contribution in [2.45, 2.75) is 6.42 Å². The number of nitrogens with one attached hydrogen (secondary N) is 2. The summed E-state index contributed by atoms with van der Waals surface area (Å²) in [4.78, 5) is 21.6. The number of aromatic amines is 1. The molecule has 0 fully saturated rings. The topological polar surface area (TPSA) is 115 Å². The first kappa shape index (κ1) is 11.1. The van der Waals surface area contributed by atoms with Gasteiger partial charge in [-0.2, -0.15) is 5.10 Å². The van der Waals surface area contributed by atoms with Crippen LogP contribution in [0.4, 0.5) is 11.5 Å². The summed E-state index contributed by atoms with van der Waals surface area (Å²) in [6.45, 7) is 0.560. The summed E-state index contributed by atoms with van der Waals surface area (Å²) in [5.74, 6) is 1.10. The molecule has 8 heteroatoms. The van der Waals surface area contributed by atoms with Crippen molar-refractivity contribution in [3.63, 3.8) is 0 Å². The van der Waals surface area contributed by atoms with E-state index in [2.05, 4.69) is 25.4 Å². The van der Waals surface area contributed by atoms with Gasteiger partial charge in [-0.25, -0.2) is 9.97 Å². The van der Waals surface area contributed by atoms with Gasteiger partial charge in [0.25, 0.3) is 5.56 Å². The van der Waals surface area contributed by atoms with E-state index in [9.17, 15) is 4.79 Å². The predicted molar refractivity (Wildman–Crippen MR) is 62.5 cm³/mol. The Morgan fingerprint density at radius 2 is 2.35 bits per heavy atom. The van der Waals surface area contributed by atoms with Crippen molar-refractivity contribution in [3.05, 3.63) is 28.8 Å². The summed E-state index contributed by atoms with van der Waals surface area (Å²) in [6, 6.07) is 0. The second kappa shape index (κ2) is 4.64. The standard InChI is InChI=1S/C9H13N7O/c1-16-5-14-6(15-16)2-3-11-8-7(10)9(17)13-4-12-8/h4-5H,2-3,10H2,1H3,(H2,11,12,13,17). The monoisotopic (exact) mass is 235 g/mol. The highest BCUT2D eigenvalue weighted by Crippen LogP contribution is 2.06. The van der Waals surface area contributed by atoms with Crippen molar-refractivity contribution in [3.8, 4) is 0 Å². The van der Waals surface area contributed by atoms with E-state index in [0.29, 0.717) is 18.8 Å². The molecule has 2 aromatic rings. The largest absolute Gasteiger partial charge is 0.391 e. The van der Waals surface area contributed by atoms with Crippen molar-refractivity contribution >= 4 is 11.5 Å². The van der Waals surface area contributed by atoms with E-state index in [4.69, 9.17) is 5.73 Å².